The highest BCUT2D eigenvalue weighted by atomic mass is 19.4. The summed E-state index contributed by atoms with van der Waals surface area (Å²) in [6, 6.07) is 32.3. The fourth-order valence-electron chi connectivity index (χ4n) is 6.67. The summed E-state index contributed by atoms with van der Waals surface area (Å²) >= 11 is 0. The summed E-state index contributed by atoms with van der Waals surface area (Å²) in [6.45, 7) is 1.94. The molecule has 0 amide bonds. The van der Waals surface area contributed by atoms with E-state index in [4.69, 9.17) is 5.41 Å². The van der Waals surface area contributed by atoms with Gasteiger partial charge in [-0.2, -0.15) is 26.3 Å². The van der Waals surface area contributed by atoms with Crippen molar-refractivity contribution in [2.45, 2.75) is 19.3 Å². The lowest BCUT2D eigenvalue weighted by atomic mass is 9.82. The van der Waals surface area contributed by atoms with Crippen molar-refractivity contribution in [1.82, 2.24) is 0 Å². The van der Waals surface area contributed by atoms with Crippen LogP contribution >= 0.6 is 0 Å². The van der Waals surface area contributed by atoms with Crippen LogP contribution < -0.4 is 0 Å². The van der Waals surface area contributed by atoms with E-state index in [-0.39, 0.29) is 5.71 Å². The maximum absolute atomic E-state index is 13.5. The van der Waals surface area contributed by atoms with E-state index in [1.54, 1.807) is 42.5 Å². The molecule has 2 N–H and O–H groups in total. The van der Waals surface area contributed by atoms with E-state index >= 15 is 0 Å². The first-order chi connectivity index (χ1) is 23.3. The van der Waals surface area contributed by atoms with Crippen molar-refractivity contribution in [3.63, 3.8) is 0 Å². The number of aryl methyl sites for hydroxylation is 1. The van der Waals surface area contributed by atoms with Crippen LogP contribution in [-0.4, -0.2) is 11.9 Å². The van der Waals surface area contributed by atoms with Crippen LogP contribution in [0.4, 0.5) is 26.3 Å². The molecule has 1 aliphatic rings. The third-order valence-corrected chi connectivity index (χ3v) is 8.94. The minimum atomic E-state index is -4.50. The number of nitrogens with one attached hydrogen (secondary N) is 2. The van der Waals surface area contributed by atoms with Gasteiger partial charge in [0, 0.05) is 22.9 Å². The Balaban J connectivity index is 1.40. The number of hydrogen-bond acceptors (Lipinski definition) is 2. The molecular formula is C41H26F6N2. The van der Waals surface area contributed by atoms with Crippen LogP contribution in [0.3, 0.4) is 0 Å². The minimum absolute atomic E-state index is 0.218. The monoisotopic (exact) mass is 660 g/mol. The lowest BCUT2D eigenvalue weighted by Gasteiger charge is -2.20. The number of halogens is 6. The molecule has 0 unspecified atom stereocenters. The molecule has 0 heterocycles. The Labute approximate surface area is 278 Å². The molecule has 0 fully saturated rings. The van der Waals surface area contributed by atoms with E-state index in [0.717, 1.165) is 57.6 Å². The number of fused-ring (bicyclic) bond motifs is 3. The predicted molar refractivity (Wildman–Crippen MR) is 182 cm³/mol. The van der Waals surface area contributed by atoms with Crippen molar-refractivity contribution in [3.05, 3.63) is 155 Å². The van der Waals surface area contributed by atoms with Gasteiger partial charge in [0.2, 0.25) is 0 Å². The topological polar surface area (TPSA) is 47.7 Å². The minimum Gasteiger partial charge on any atom is -0.308 e. The summed E-state index contributed by atoms with van der Waals surface area (Å²) in [5.41, 5.74) is 7.76. The van der Waals surface area contributed by atoms with Gasteiger partial charge in [0.15, 0.2) is 0 Å². The van der Waals surface area contributed by atoms with Crippen LogP contribution in [0.25, 0.3) is 55.6 Å². The van der Waals surface area contributed by atoms with Crippen molar-refractivity contribution in [1.29, 1.82) is 10.8 Å². The molecular weight excluding hydrogens is 634 g/mol. The van der Waals surface area contributed by atoms with Gasteiger partial charge < -0.3 is 5.41 Å². The molecule has 0 spiro atoms. The molecule has 0 bridgehead atoms. The Morgan fingerprint density at radius 2 is 1.00 bits per heavy atom. The zero-order valence-electron chi connectivity index (χ0n) is 25.9. The van der Waals surface area contributed by atoms with Gasteiger partial charge in [-0.3, -0.25) is 5.41 Å². The Morgan fingerprint density at radius 1 is 0.469 bits per heavy atom. The smallest absolute Gasteiger partial charge is 0.308 e. The van der Waals surface area contributed by atoms with E-state index in [9.17, 15) is 31.8 Å². The van der Waals surface area contributed by atoms with Gasteiger partial charge in [0.25, 0.3) is 0 Å². The fraction of sp³-hybridized carbons (Fsp3) is 0.0732. The van der Waals surface area contributed by atoms with Crippen LogP contribution in [0.2, 0.25) is 0 Å². The van der Waals surface area contributed by atoms with Crippen molar-refractivity contribution in [2.75, 3.05) is 0 Å². The van der Waals surface area contributed by atoms with Crippen LogP contribution in [0.15, 0.2) is 121 Å². The number of hydrogen-bond donors (Lipinski definition) is 2. The third-order valence-electron chi connectivity index (χ3n) is 8.94. The molecule has 7 rings (SSSR count). The summed E-state index contributed by atoms with van der Waals surface area (Å²) < 4.78 is 80.9. The zero-order valence-corrected chi connectivity index (χ0v) is 25.9. The van der Waals surface area contributed by atoms with Gasteiger partial charge in [-0.25, -0.2) is 0 Å². The quantitative estimate of drug-likeness (QED) is 0.136. The maximum atomic E-state index is 13.5. The summed E-state index contributed by atoms with van der Waals surface area (Å²) in [7, 11) is 0. The normalized spacial score (nSPS) is 12.5. The molecule has 0 saturated carbocycles. The van der Waals surface area contributed by atoms with E-state index < -0.39 is 23.5 Å². The van der Waals surface area contributed by atoms with Gasteiger partial charge in [0.1, 0.15) is 0 Å². The van der Waals surface area contributed by atoms with Crippen LogP contribution in [0, 0.1) is 17.7 Å². The molecule has 0 saturated heterocycles. The van der Waals surface area contributed by atoms with Crippen molar-refractivity contribution in [2.24, 2.45) is 0 Å². The highest BCUT2D eigenvalue weighted by molar-refractivity contribution is 6.28. The summed E-state index contributed by atoms with van der Waals surface area (Å²) in [4.78, 5) is 0. The second-order valence-corrected chi connectivity index (χ2v) is 12.0. The number of benzene rings is 6. The SMILES string of the molecule is Cc1cc2c(c(-c3ccccc3)c1-c1ccc(-c3cccc(C(F)(F)F)c3)cc1C=N)C(=N)c1cc(-c3cccc(C(F)(F)F)c3)ccc1-2. The number of alkyl halides is 6. The molecule has 1 aliphatic carbocycles. The molecule has 6 aromatic carbocycles. The van der Waals surface area contributed by atoms with Crippen LogP contribution in [0.5, 0.6) is 0 Å². The van der Waals surface area contributed by atoms with E-state index in [1.807, 2.05) is 49.4 Å². The van der Waals surface area contributed by atoms with Gasteiger partial charge in [-0.05, 0) is 105 Å². The van der Waals surface area contributed by atoms with Crippen LogP contribution in [-0.2, 0) is 12.4 Å². The van der Waals surface area contributed by atoms with Gasteiger partial charge >= 0.3 is 12.4 Å². The third kappa shape index (κ3) is 5.63. The highest BCUT2D eigenvalue weighted by Crippen LogP contribution is 2.49. The second kappa shape index (κ2) is 11.7. The Hall–Kier alpha value is -5.76. The molecule has 8 heteroatoms. The largest absolute Gasteiger partial charge is 0.416 e. The Bertz CT molecular complexity index is 2300. The van der Waals surface area contributed by atoms with Crippen LogP contribution in [0.1, 0.15) is 33.4 Å². The van der Waals surface area contributed by atoms with E-state index in [0.29, 0.717) is 44.5 Å². The first-order valence-corrected chi connectivity index (χ1v) is 15.3. The van der Waals surface area contributed by atoms with Gasteiger partial charge in [0.05, 0.1) is 16.8 Å². The molecule has 0 radical (unpaired) electrons. The first-order valence-electron chi connectivity index (χ1n) is 15.3. The maximum Gasteiger partial charge on any atom is 0.416 e. The van der Waals surface area contributed by atoms with Crippen molar-refractivity contribution in [3.8, 4) is 55.6 Å². The van der Waals surface area contributed by atoms with Crippen molar-refractivity contribution >= 4 is 11.9 Å². The fourth-order valence-corrected chi connectivity index (χ4v) is 6.67. The van der Waals surface area contributed by atoms with Gasteiger partial charge in [-0.1, -0.05) is 84.9 Å². The van der Waals surface area contributed by atoms with Crippen molar-refractivity contribution < 1.29 is 26.3 Å². The summed E-state index contributed by atoms with van der Waals surface area (Å²) in [5, 5.41) is 17.8. The van der Waals surface area contributed by atoms with Gasteiger partial charge in [-0.15, -0.1) is 0 Å². The second-order valence-electron chi connectivity index (χ2n) is 12.0. The summed E-state index contributed by atoms with van der Waals surface area (Å²) in [5.74, 6) is 0. The standard InChI is InChI=1S/C41H26F6N2/c1-23-17-34-33-16-14-28(26-10-6-12-31(20-26)41(45,46)47)21-35(33)39(49)38(34)37(24-7-3-2-4-8-24)36(23)32-15-13-27(18-29(32)22-48)25-9-5-11-30(19-25)40(42,43)44/h2-22,48-49H,1H3. The zero-order chi connectivity index (χ0) is 34.7. The molecule has 0 aliphatic heterocycles. The predicted octanol–water partition coefficient (Wildman–Crippen LogP) is 12.1. The van der Waals surface area contributed by atoms with E-state index in [1.165, 1.54) is 18.3 Å². The highest BCUT2D eigenvalue weighted by Gasteiger charge is 2.33. The average molecular weight is 661 g/mol. The average Bonchev–Trinajstić information content (AvgIpc) is 3.37. The number of rotatable bonds is 5. The molecule has 0 aromatic heterocycles. The molecule has 242 valence electrons. The molecule has 49 heavy (non-hydrogen) atoms. The molecule has 6 aromatic rings. The van der Waals surface area contributed by atoms with E-state index in [2.05, 4.69) is 0 Å². The Kier molecular flexibility index (Phi) is 7.62. The molecule has 0 atom stereocenters. The Morgan fingerprint density at radius 3 is 1.57 bits per heavy atom. The first kappa shape index (κ1) is 31.8. The lowest BCUT2D eigenvalue weighted by molar-refractivity contribution is -0.138. The lowest BCUT2D eigenvalue weighted by Crippen LogP contribution is -2.05. The summed E-state index contributed by atoms with van der Waals surface area (Å²) in [6.07, 6.45) is -7.81. The molecule has 2 nitrogen and oxygen atoms in total.